The first-order chi connectivity index (χ1) is 10.3. The van der Waals surface area contributed by atoms with Gasteiger partial charge in [-0.2, -0.15) is 0 Å². The highest BCUT2D eigenvalue weighted by Gasteiger charge is 2.08. The SMILES string of the molecule is O=C(Cc1cnc(-c2ccccn2)cn1)c1ccncc1. The molecule has 0 saturated heterocycles. The minimum atomic E-state index is -0.00251. The lowest BCUT2D eigenvalue weighted by Gasteiger charge is -2.02. The molecule has 0 aliphatic rings. The molecule has 0 spiro atoms. The second-order valence-corrected chi connectivity index (χ2v) is 4.44. The average molecular weight is 276 g/mol. The molecule has 0 aliphatic carbocycles. The maximum Gasteiger partial charge on any atom is 0.168 e. The Balaban J connectivity index is 1.75. The van der Waals surface area contributed by atoms with Crippen molar-refractivity contribution in [1.82, 2.24) is 19.9 Å². The van der Waals surface area contributed by atoms with Gasteiger partial charge in [-0.3, -0.25) is 24.7 Å². The van der Waals surface area contributed by atoms with Crippen LogP contribution in [0.15, 0.2) is 61.3 Å². The Morgan fingerprint density at radius 2 is 1.71 bits per heavy atom. The monoisotopic (exact) mass is 276 g/mol. The van der Waals surface area contributed by atoms with E-state index in [1.807, 2.05) is 18.2 Å². The zero-order valence-corrected chi connectivity index (χ0v) is 11.2. The molecule has 3 aromatic heterocycles. The van der Waals surface area contributed by atoms with Crippen molar-refractivity contribution in [3.63, 3.8) is 0 Å². The van der Waals surface area contributed by atoms with Gasteiger partial charge in [-0.05, 0) is 24.3 Å². The highest BCUT2D eigenvalue weighted by atomic mass is 16.1. The second-order valence-electron chi connectivity index (χ2n) is 4.44. The molecule has 0 bridgehead atoms. The van der Waals surface area contributed by atoms with E-state index in [1.54, 1.807) is 43.1 Å². The van der Waals surface area contributed by atoms with Gasteiger partial charge in [0.15, 0.2) is 5.78 Å². The van der Waals surface area contributed by atoms with E-state index in [2.05, 4.69) is 19.9 Å². The number of hydrogen-bond donors (Lipinski definition) is 0. The van der Waals surface area contributed by atoms with Gasteiger partial charge >= 0.3 is 0 Å². The van der Waals surface area contributed by atoms with Crippen molar-refractivity contribution in [3.05, 3.63) is 72.6 Å². The molecule has 0 N–H and O–H groups in total. The van der Waals surface area contributed by atoms with E-state index in [0.29, 0.717) is 17.0 Å². The molecule has 3 rings (SSSR count). The second kappa shape index (κ2) is 6.00. The number of carbonyl (C=O) groups excluding carboxylic acids is 1. The first kappa shape index (κ1) is 13.1. The van der Waals surface area contributed by atoms with Gasteiger partial charge in [-0.1, -0.05) is 6.07 Å². The first-order valence-corrected chi connectivity index (χ1v) is 6.48. The normalized spacial score (nSPS) is 10.3. The lowest BCUT2D eigenvalue weighted by atomic mass is 10.1. The molecule has 0 aliphatic heterocycles. The molecular weight excluding hydrogens is 264 g/mol. The summed E-state index contributed by atoms with van der Waals surface area (Å²) in [7, 11) is 0. The molecule has 0 fully saturated rings. The third-order valence-corrected chi connectivity index (χ3v) is 2.98. The van der Waals surface area contributed by atoms with Gasteiger partial charge < -0.3 is 0 Å². The minimum absolute atomic E-state index is 0.00251. The molecular formula is C16H12N4O. The summed E-state index contributed by atoms with van der Waals surface area (Å²) in [6.45, 7) is 0. The molecule has 0 unspecified atom stereocenters. The Morgan fingerprint density at radius 3 is 2.38 bits per heavy atom. The molecule has 3 aromatic rings. The summed E-state index contributed by atoms with van der Waals surface area (Å²) in [5, 5.41) is 0. The molecule has 5 heteroatoms. The van der Waals surface area contributed by atoms with E-state index >= 15 is 0 Å². The van der Waals surface area contributed by atoms with Crippen LogP contribution in [0.5, 0.6) is 0 Å². The third-order valence-electron chi connectivity index (χ3n) is 2.98. The molecule has 21 heavy (non-hydrogen) atoms. The highest BCUT2D eigenvalue weighted by Crippen LogP contribution is 2.12. The summed E-state index contributed by atoms with van der Waals surface area (Å²) in [6.07, 6.45) is 8.38. The van der Waals surface area contributed by atoms with Crippen molar-refractivity contribution in [2.24, 2.45) is 0 Å². The van der Waals surface area contributed by atoms with Crippen LogP contribution in [-0.4, -0.2) is 25.7 Å². The van der Waals surface area contributed by atoms with Gasteiger partial charge in [0.25, 0.3) is 0 Å². The van der Waals surface area contributed by atoms with Gasteiger partial charge in [0.1, 0.15) is 5.69 Å². The quantitative estimate of drug-likeness (QED) is 0.684. The van der Waals surface area contributed by atoms with Crippen LogP contribution >= 0.6 is 0 Å². The summed E-state index contributed by atoms with van der Waals surface area (Å²) >= 11 is 0. The van der Waals surface area contributed by atoms with Crippen molar-refractivity contribution in [2.45, 2.75) is 6.42 Å². The number of Topliss-reactive ketones (excluding diaryl/α,β-unsaturated/α-hetero) is 1. The third kappa shape index (κ3) is 3.14. The summed E-state index contributed by atoms with van der Waals surface area (Å²) < 4.78 is 0. The van der Waals surface area contributed by atoms with Gasteiger partial charge in [0.2, 0.25) is 0 Å². The van der Waals surface area contributed by atoms with Gasteiger partial charge in [-0.15, -0.1) is 0 Å². The van der Waals surface area contributed by atoms with Gasteiger partial charge in [0.05, 0.1) is 24.0 Å². The van der Waals surface area contributed by atoms with E-state index in [1.165, 1.54) is 0 Å². The van der Waals surface area contributed by atoms with Crippen molar-refractivity contribution in [2.75, 3.05) is 0 Å². The van der Waals surface area contributed by atoms with Crippen LogP contribution < -0.4 is 0 Å². The fourth-order valence-corrected chi connectivity index (χ4v) is 1.90. The Bertz CT molecular complexity index is 727. The van der Waals surface area contributed by atoms with E-state index < -0.39 is 0 Å². The van der Waals surface area contributed by atoms with E-state index in [0.717, 1.165) is 5.69 Å². The molecule has 3 heterocycles. The molecule has 0 atom stereocenters. The number of ketones is 1. The number of aromatic nitrogens is 4. The first-order valence-electron chi connectivity index (χ1n) is 6.48. The smallest absolute Gasteiger partial charge is 0.168 e. The number of hydrogen-bond acceptors (Lipinski definition) is 5. The van der Waals surface area contributed by atoms with Gasteiger partial charge in [0, 0.05) is 30.4 Å². The molecule has 102 valence electrons. The minimum Gasteiger partial charge on any atom is -0.294 e. The van der Waals surface area contributed by atoms with Crippen molar-refractivity contribution in [1.29, 1.82) is 0 Å². The average Bonchev–Trinajstić information content (AvgIpc) is 2.57. The zero-order valence-electron chi connectivity index (χ0n) is 11.2. The van der Waals surface area contributed by atoms with Gasteiger partial charge in [-0.25, -0.2) is 0 Å². The van der Waals surface area contributed by atoms with E-state index in [-0.39, 0.29) is 12.2 Å². The molecule has 0 aromatic carbocycles. The molecule has 5 nitrogen and oxygen atoms in total. The van der Waals surface area contributed by atoms with Crippen LogP contribution in [0.4, 0.5) is 0 Å². The fourth-order valence-electron chi connectivity index (χ4n) is 1.90. The van der Waals surface area contributed by atoms with Crippen molar-refractivity contribution in [3.8, 4) is 11.4 Å². The standard InChI is InChI=1S/C16H12N4O/c21-16(12-4-7-17-8-5-12)9-13-10-20-15(11-19-13)14-3-1-2-6-18-14/h1-8,10-11H,9H2. The summed E-state index contributed by atoms with van der Waals surface area (Å²) in [6, 6.07) is 8.99. The van der Waals surface area contributed by atoms with E-state index in [4.69, 9.17) is 0 Å². The highest BCUT2D eigenvalue weighted by molar-refractivity contribution is 5.97. The van der Waals surface area contributed by atoms with Crippen LogP contribution in [0.1, 0.15) is 16.1 Å². The molecule has 0 saturated carbocycles. The summed E-state index contributed by atoms with van der Waals surface area (Å²) in [5.41, 5.74) is 2.71. The van der Waals surface area contributed by atoms with Crippen LogP contribution in [0.3, 0.4) is 0 Å². The summed E-state index contributed by atoms with van der Waals surface area (Å²) in [5.74, 6) is -0.00251. The number of carbonyl (C=O) groups is 1. The van der Waals surface area contributed by atoms with Crippen molar-refractivity contribution >= 4 is 5.78 Å². The molecule has 0 radical (unpaired) electrons. The zero-order chi connectivity index (χ0) is 14.5. The lowest BCUT2D eigenvalue weighted by Crippen LogP contribution is -2.05. The van der Waals surface area contributed by atoms with Crippen LogP contribution in [0.2, 0.25) is 0 Å². The maximum atomic E-state index is 12.1. The van der Waals surface area contributed by atoms with Crippen molar-refractivity contribution < 1.29 is 4.79 Å². The molecule has 0 amide bonds. The predicted octanol–water partition coefficient (Wildman–Crippen LogP) is 2.36. The largest absolute Gasteiger partial charge is 0.294 e. The number of pyridine rings is 2. The Morgan fingerprint density at radius 1 is 0.857 bits per heavy atom. The van der Waals surface area contributed by atoms with Crippen LogP contribution in [-0.2, 0) is 6.42 Å². The Hall–Kier alpha value is -2.95. The number of rotatable bonds is 4. The predicted molar refractivity (Wildman–Crippen MR) is 77.5 cm³/mol. The van der Waals surface area contributed by atoms with Crippen LogP contribution in [0.25, 0.3) is 11.4 Å². The maximum absolute atomic E-state index is 12.1. The number of nitrogens with zero attached hydrogens (tertiary/aromatic N) is 4. The topological polar surface area (TPSA) is 68.6 Å². The Labute approximate surface area is 121 Å². The summed E-state index contributed by atoms with van der Waals surface area (Å²) in [4.78, 5) is 28.8. The van der Waals surface area contributed by atoms with E-state index in [9.17, 15) is 4.79 Å². The lowest BCUT2D eigenvalue weighted by molar-refractivity contribution is 0.0991. The Kier molecular flexibility index (Phi) is 3.73. The van der Waals surface area contributed by atoms with Crippen LogP contribution in [0, 0.1) is 0 Å². The fraction of sp³-hybridized carbons (Fsp3) is 0.0625.